The highest BCUT2D eigenvalue weighted by molar-refractivity contribution is 5.81. The van der Waals surface area contributed by atoms with E-state index in [1.54, 1.807) is 0 Å². The third-order valence-electron chi connectivity index (χ3n) is 4.24. The topological polar surface area (TPSA) is 56.8 Å². The minimum atomic E-state index is -0.506. The fourth-order valence-electron chi connectivity index (χ4n) is 3.04. The lowest BCUT2D eigenvalue weighted by Crippen LogP contribution is -2.54. The maximum Gasteiger partial charge on any atom is 0.326 e. The summed E-state index contributed by atoms with van der Waals surface area (Å²) in [5.41, 5.74) is -0.506. The molecule has 0 aromatic heterocycles. The number of hydrogen-bond donors (Lipinski definition) is 1. The Bertz CT molecular complexity index is 293. The summed E-state index contributed by atoms with van der Waals surface area (Å²) in [5, 5.41) is 3.19. The lowest BCUT2D eigenvalue weighted by Gasteiger charge is -2.33. The van der Waals surface area contributed by atoms with Gasteiger partial charge in [0.25, 0.3) is 0 Å². The fourth-order valence-corrected chi connectivity index (χ4v) is 3.04. The number of carbonyl (C=O) groups is 1. The number of nitrogens with one attached hydrogen (secondary N) is 1. The van der Waals surface area contributed by atoms with Gasteiger partial charge in [-0.3, -0.25) is 4.79 Å². The zero-order chi connectivity index (χ0) is 13.0. The van der Waals surface area contributed by atoms with Crippen molar-refractivity contribution < 1.29 is 19.0 Å². The molecule has 0 amide bonds. The van der Waals surface area contributed by atoms with Crippen LogP contribution in [0, 0.1) is 5.92 Å². The van der Waals surface area contributed by atoms with E-state index < -0.39 is 5.54 Å². The highest BCUT2D eigenvalue weighted by Gasteiger charge is 2.48. The first-order valence-electron chi connectivity index (χ1n) is 6.69. The molecule has 5 heteroatoms. The molecule has 2 fully saturated rings. The molecule has 1 saturated heterocycles. The molecule has 2 unspecified atom stereocenters. The van der Waals surface area contributed by atoms with Gasteiger partial charge in [0.2, 0.25) is 0 Å². The molecule has 1 saturated carbocycles. The van der Waals surface area contributed by atoms with Crippen LogP contribution in [0.5, 0.6) is 0 Å². The highest BCUT2D eigenvalue weighted by atomic mass is 16.6. The van der Waals surface area contributed by atoms with Gasteiger partial charge in [-0.25, -0.2) is 0 Å². The van der Waals surface area contributed by atoms with Crippen LogP contribution in [0.15, 0.2) is 0 Å². The molecule has 0 aromatic carbocycles. The number of carbonyl (C=O) groups excluding carboxylic acids is 1. The van der Waals surface area contributed by atoms with Gasteiger partial charge in [0, 0.05) is 6.61 Å². The van der Waals surface area contributed by atoms with Crippen molar-refractivity contribution in [2.75, 3.05) is 34.0 Å². The zero-order valence-corrected chi connectivity index (χ0v) is 11.2. The molecule has 5 nitrogen and oxygen atoms in total. The SMILES string of the molecule is CNC1(C(=O)OC)CCCC1CCOC1COC1. The molecule has 18 heavy (non-hydrogen) atoms. The van der Waals surface area contributed by atoms with Crippen molar-refractivity contribution in [1.29, 1.82) is 0 Å². The summed E-state index contributed by atoms with van der Waals surface area (Å²) in [7, 11) is 3.30. The Hall–Kier alpha value is -0.650. The van der Waals surface area contributed by atoms with Gasteiger partial charge in [0.15, 0.2) is 0 Å². The van der Waals surface area contributed by atoms with Crippen LogP contribution in [0.3, 0.4) is 0 Å². The van der Waals surface area contributed by atoms with E-state index in [0.29, 0.717) is 25.7 Å². The van der Waals surface area contributed by atoms with E-state index in [1.807, 2.05) is 7.05 Å². The van der Waals surface area contributed by atoms with Crippen molar-refractivity contribution in [2.45, 2.75) is 37.3 Å². The van der Waals surface area contributed by atoms with Gasteiger partial charge in [-0.05, 0) is 32.2 Å². The van der Waals surface area contributed by atoms with E-state index in [9.17, 15) is 4.79 Å². The van der Waals surface area contributed by atoms with Crippen molar-refractivity contribution in [1.82, 2.24) is 5.32 Å². The molecule has 0 bridgehead atoms. The van der Waals surface area contributed by atoms with E-state index in [-0.39, 0.29) is 12.1 Å². The van der Waals surface area contributed by atoms with Crippen LogP contribution in [0.2, 0.25) is 0 Å². The molecular weight excluding hydrogens is 234 g/mol. The molecule has 1 aliphatic heterocycles. The Morgan fingerprint density at radius 1 is 1.50 bits per heavy atom. The van der Waals surface area contributed by atoms with E-state index in [4.69, 9.17) is 14.2 Å². The van der Waals surface area contributed by atoms with Gasteiger partial charge in [-0.15, -0.1) is 0 Å². The predicted octanol–water partition coefficient (Wildman–Crippen LogP) is 0.723. The number of hydrogen-bond acceptors (Lipinski definition) is 5. The van der Waals surface area contributed by atoms with Crippen LogP contribution >= 0.6 is 0 Å². The van der Waals surface area contributed by atoms with Crippen molar-refractivity contribution in [3.63, 3.8) is 0 Å². The smallest absolute Gasteiger partial charge is 0.326 e. The van der Waals surface area contributed by atoms with Gasteiger partial charge in [-0.2, -0.15) is 0 Å². The van der Waals surface area contributed by atoms with E-state index in [2.05, 4.69) is 5.32 Å². The Morgan fingerprint density at radius 2 is 2.28 bits per heavy atom. The summed E-state index contributed by atoms with van der Waals surface area (Å²) < 4.78 is 15.7. The second kappa shape index (κ2) is 5.99. The van der Waals surface area contributed by atoms with Crippen molar-refractivity contribution in [2.24, 2.45) is 5.92 Å². The maximum absolute atomic E-state index is 12.0. The largest absolute Gasteiger partial charge is 0.468 e. The number of likely N-dealkylation sites (N-methyl/N-ethyl adjacent to an activating group) is 1. The number of esters is 1. The first-order valence-corrected chi connectivity index (χ1v) is 6.69. The molecule has 2 aliphatic rings. The summed E-state index contributed by atoms with van der Waals surface area (Å²) in [6.07, 6.45) is 4.13. The standard InChI is InChI=1S/C13H23NO4/c1-14-13(12(15)16-2)6-3-4-10(13)5-7-18-11-8-17-9-11/h10-11,14H,3-9H2,1-2H3. The quantitative estimate of drug-likeness (QED) is 0.711. The van der Waals surface area contributed by atoms with Gasteiger partial charge >= 0.3 is 5.97 Å². The Kier molecular flexibility index (Phi) is 4.59. The minimum Gasteiger partial charge on any atom is -0.468 e. The van der Waals surface area contributed by atoms with Crippen LogP contribution < -0.4 is 5.32 Å². The Morgan fingerprint density at radius 3 is 2.83 bits per heavy atom. The first kappa shape index (κ1) is 13.8. The van der Waals surface area contributed by atoms with Gasteiger partial charge < -0.3 is 19.5 Å². The first-order chi connectivity index (χ1) is 8.73. The molecule has 1 heterocycles. The van der Waals surface area contributed by atoms with Crippen molar-refractivity contribution >= 4 is 5.97 Å². The van der Waals surface area contributed by atoms with E-state index in [1.165, 1.54) is 7.11 Å². The summed E-state index contributed by atoms with van der Waals surface area (Å²) in [5.74, 6) is 0.162. The molecule has 0 spiro atoms. The molecule has 1 N–H and O–H groups in total. The second-order valence-electron chi connectivity index (χ2n) is 5.12. The summed E-state index contributed by atoms with van der Waals surface area (Å²) >= 11 is 0. The number of rotatable bonds is 6. The van der Waals surface area contributed by atoms with Crippen LogP contribution in [0.25, 0.3) is 0 Å². The number of ether oxygens (including phenoxy) is 3. The predicted molar refractivity (Wildman–Crippen MR) is 66.3 cm³/mol. The monoisotopic (exact) mass is 257 g/mol. The molecule has 104 valence electrons. The molecule has 2 atom stereocenters. The van der Waals surface area contributed by atoms with Crippen LogP contribution in [0.1, 0.15) is 25.7 Å². The van der Waals surface area contributed by atoms with E-state index >= 15 is 0 Å². The van der Waals surface area contributed by atoms with Gasteiger partial charge in [0.1, 0.15) is 11.6 Å². The number of methoxy groups -OCH3 is 1. The molecule has 0 aromatic rings. The van der Waals surface area contributed by atoms with Crippen LogP contribution in [-0.2, 0) is 19.0 Å². The molecule has 2 rings (SSSR count). The summed E-state index contributed by atoms with van der Waals surface area (Å²) in [6, 6.07) is 0. The van der Waals surface area contributed by atoms with Crippen molar-refractivity contribution in [3.8, 4) is 0 Å². The molecule has 0 radical (unpaired) electrons. The summed E-state index contributed by atoms with van der Waals surface area (Å²) in [6.45, 7) is 2.11. The highest BCUT2D eigenvalue weighted by Crippen LogP contribution is 2.38. The normalized spacial score (nSPS) is 32.2. The third kappa shape index (κ3) is 2.53. The van der Waals surface area contributed by atoms with Gasteiger partial charge in [-0.1, -0.05) is 6.42 Å². The average Bonchev–Trinajstić information content (AvgIpc) is 2.75. The molecule has 1 aliphatic carbocycles. The summed E-state index contributed by atoms with van der Waals surface area (Å²) in [4.78, 5) is 12.0. The van der Waals surface area contributed by atoms with Crippen LogP contribution in [0.4, 0.5) is 0 Å². The lowest BCUT2D eigenvalue weighted by atomic mass is 9.85. The van der Waals surface area contributed by atoms with E-state index in [0.717, 1.165) is 25.7 Å². The fraction of sp³-hybridized carbons (Fsp3) is 0.923. The second-order valence-corrected chi connectivity index (χ2v) is 5.12. The Labute approximate surface area is 108 Å². The van der Waals surface area contributed by atoms with Crippen LogP contribution in [-0.4, -0.2) is 51.6 Å². The third-order valence-corrected chi connectivity index (χ3v) is 4.24. The maximum atomic E-state index is 12.0. The Balaban J connectivity index is 1.86. The lowest BCUT2D eigenvalue weighted by molar-refractivity contribution is -0.151. The minimum absolute atomic E-state index is 0.139. The van der Waals surface area contributed by atoms with Gasteiger partial charge in [0.05, 0.1) is 20.3 Å². The zero-order valence-electron chi connectivity index (χ0n) is 11.2. The van der Waals surface area contributed by atoms with Crippen molar-refractivity contribution in [3.05, 3.63) is 0 Å². The molecular formula is C13H23NO4. The average molecular weight is 257 g/mol.